The van der Waals surface area contributed by atoms with Gasteiger partial charge in [-0.1, -0.05) is 42.0 Å². The summed E-state index contributed by atoms with van der Waals surface area (Å²) in [4.78, 5) is 24.1. The van der Waals surface area contributed by atoms with E-state index in [0.717, 1.165) is 22.4 Å². The topological polar surface area (TPSA) is 64.6 Å². The van der Waals surface area contributed by atoms with E-state index in [9.17, 15) is 9.59 Å². The summed E-state index contributed by atoms with van der Waals surface area (Å²) >= 11 is 0. The van der Waals surface area contributed by atoms with Gasteiger partial charge in [0.1, 0.15) is 5.75 Å². The Morgan fingerprint density at radius 3 is 2.23 bits per heavy atom. The van der Waals surface area contributed by atoms with Gasteiger partial charge in [0, 0.05) is 6.54 Å². The Kier molecular flexibility index (Phi) is 7.21. The van der Waals surface area contributed by atoms with E-state index in [1.165, 1.54) is 0 Å². The lowest BCUT2D eigenvalue weighted by Crippen LogP contribution is -2.35. The first-order valence-corrected chi connectivity index (χ1v) is 8.72. The number of hydrogen-bond donors (Lipinski definition) is 1. The lowest BCUT2D eigenvalue weighted by atomic mass is 10.1. The van der Waals surface area contributed by atoms with Crippen molar-refractivity contribution in [3.8, 4) is 5.75 Å². The van der Waals surface area contributed by atoms with Crippen LogP contribution < -0.4 is 10.1 Å². The smallest absolute Gasteiger partial charge is 0.311 e. The molecule has 138 valence electrons. The lowest BCUT2D eigenvalue weighted by Gasteiger charge is -2.14. The maximum Gasteiger partial charge on any atom is 0.311 e. The van der Waals surface area contributed by atoms with Crippen molar-refractivity contribution in [2.45, 2.75) is 39.8 Å². The zero-order chi connectivity index (χ0) is 18.9. The molecule has 0 saturated carbocycles. The van der Waals surface area contributed by atoms with Crippen molar-refractivity contribution in [3.05, 3.63) is 65.2 Å². The molecular formula is C21H25NO4. The number of carbonyl (C=O) groups is 2. The fourth-order valence-corrected chi connectivity index (χ4v) is 2.37. The van der Waals surface area contributed by atoms with Gasteiger partial charge in [-0.15, -0.1) is 0 Å². The second kappa shape index (κ2) is 9.61. The molecule has 0 aliphatic heterocycles. The second-order valence-corrected chi connectivity index (χ2v) is 6.09. The van der Waals surface area contributed by atoms with Gasteiger partial charge < -0.3 is 14.8 Å². The largest absolute Gasteiger partial charge is 0.494 e. The predicted octanol–water partition coefficient (Wildman–Crippen LogP) is 3.18. The van der Waals surface area contributed by atoms with Crippen LogP contribution in [0.5, 0.6) is 5.75 Å². The Hall–Kier alpha value is -2.82. The maximum atomic E-state index is 12.1. The quantitative estimate of drug-likeness (QED) is 0.739. The van der Waals surface area contributed by atoms with E-state index < -0.39 is 12.1 Å². The number of carbonyl (C=O) groups excluding carboxylic acids is 2. The fraction of sp³-hybridized carbons (Fsp3) is 0.333. The van der Waals surface area contributed by atoms with E-state index in [4.69, 9.17) is 9.47 Å². The van der Waals surface area contributed by atoms with Gasteiger partial charge in [0.15, 0.2) is 6.10 Å². The molecule has 0 saturated heterocycles. The zero-order valence-electron chi connectivity index (χ0n) is 15.5. The highest BCUT2D eigenvalue weighted by atomic mass is 16.5. The molecule has 1 amide bonds. The summed E-state index contributed by atoms with van der Waals surface area (Å²) in [6.07, 6.45) is -0.724. The minimum absolute atomic E-state index is 0.113. The lowest BCUT2D eigenvalue weighted by molar-refractivity contribution is -0.154. The Labute approximate surface area is 154 Å². The minimum Gasteiger partial charge on any atom is -0.494 e. The average molecular weight is 355 g/mol. The van der Waals surface area contributed by atoms with E-state index in [1.54, 1.807) is 6.92 Å². The molecule has 2 aromatic rings. The minimum atomic E-state index is -0.837. The third-order valence-electron chi connectivity index (χ3n) is 3.85. The summed E-state index contributed by atoms with van der Waals surface area (Å²) in [6.45, 7) is 6.49. The molecule has 0 spiro atoms. The maximum absolute atomic E-state index is 12.1. The first-order valence-electron chi connectivity index (χ1n) is 8.72. The van der Waals surface area contributed by atoms with Crippen LogP contribution in [0.1, 0.15) is 30.5 Å². The Morgan fingerprint density at radius 1 is 1.00 bits per heavy atom. The highest BCUT2D eigenvalue weighted by Crippen LogP contribution is 2.13. The first-order chi connectivity index (χ1) is 12.5. The van der Waals surface area contributed by atoms with Crippen molar-refractivity contribution >= 4 is 11.9 Å². The number of esters is 1. The van der Waals surface area contributed by atoms with Crippen molar-refractivity contribution in [2.75, 3.05) is 6.61 Å². The summed E-state index contributed by atoms with van der Waals surface area (Å²) in [5.41, 5.74) is 2.97. The van der Waals surface area contributed by atoms with Crippen molar-refractivity contribution < 1.29 is 19.1 Å². The Bertz CT molecular complexity index is 723. The number of rotatable bonds is 8. The Balaban J connectivity index is 1.78. The van der Waals surface area contributed by atoms with Crippen LogP contribution in [0.15, 0.2) is 48.5 Å². The normalized spacial score (nSPS) is 11.5. The van der Waals surface area contributed by atoms with E-state index in [1.807, 2.05) is 62.4 Å². The summed E-state index contributed by atoms with van der Waals surface area (Å²) in [6, 6.07) is 15.1. The number of benzene rings is 2. The van der Waals surface area contributed by atoms with Crippen LogP contribution in [0, 0.1) is 6.92 Å². The fourth-order valence-electron chi connectivity index (χ4n) is 2.37. The SMILES string of the molecule is CCOc1ccc(CC(=O)OC(C)C(=O)NCc2ccc(C)cc2)cc1. The van der Waals surface area contributed by atoms with Crippen LogP contribution in [-0.4, -0.2) is 24.6 Å². The van der Waals surface area contributed by atoms with Crippen LogP contribution in [0.3, 0.4) is 0 Å². The average Bonchev–Trinajstić information content (AvgIpc) is 2.62. The van der Waals surface area contributed by atoms with E-state index in [2.05, 4.69) is 5.32 Å². The summed E-state index contributed by atoms with van der Waals surface area (Å²) in [5, 5.41) is 2.78. The van der Waals surface area contributed by atoms with E-state index in [-0.39, 0.29) is 12.3 Å². The van der Waals surface area contributed by atoms with Crippen LogP contribution in [-0.2, 0) is 27.3 Å². The van der Waals surface area contributed by atoms with Crippen molar-refractivity contribution in [1.82, 2.24) is 5.32 Å². The molecule has 5 nitrogen and oxygen atoms in total. The molecule has 26 heavy (non-hydrogen) atoms. The molecule has 2 rings (SSSR count). The Morgan fingerprint density at radius 2 is 1.62 bits per heavy atom. The molecule has 0 fully saturated rings. The molecule has 0 aliphatic carbocycles. The number of amides is 1. The monoisotopic (exact) mass is 355 g/mol. The summed E-state index contributed by atoms with van der Waals surface area (Å²) in [7, 11) is 0. The molecule has 5 heteroatoms. The molecule has 0 heterocycles. The van der Waals surface area contributed by atoms with Gasteiger partial charge in [0.2, 0.25) is 0 Å². The summed E-state index contributed by atoms with van der Waals surface area (Å²) in [5.74, 6) is 0.00577. The number of aryl methyl sites for hydroxylation is 1. The van der Waals surface area contributed by atoms with Gasteiger partial charge in [-0.05, 0) is 44.0 Å². The number of nitrogens with one attached hydrogen (secondary N) is 1. The van der Waals surface area contributed by atoms with Crippen LogP contribution in [0.25, 0.3) is 0 Å². The number of hydrogen-bond acceptors (Lipinski definition) is 4. The highest BCUT2D eigenvalue weighted by Gasteiger charge is 2.17. The van der Waals surface area contributed by atoms with Crippen LogP contribution in [0.2, 0.25) is 0 Å². The number of ether oxygens (including phenoxy) is 2. The molecule has 0 radical (unpaired) electrons. The van der Waals surface area contributed by atoms with Crippen molar-refractivity contribution in [3.63, 3.8) is 0 Å². The van der Waals surface area contributed by atoms with Gasteiger partial charge in [-0.2, -0.15) is 0 Å². The zero-order valence-corrected chi connectivity index (χ0v) is 15.5. The van der Waals surface area contributed by atoms with Crippen LogP contribution in [0.4, 0.5) is 0 Å². The molecule has 0 aromatic heterocycles. The molecule has 0 bridgehead atoms. The standard InChI is InChI=1S/C21H25NO4/c1-4-25-19-11-9-17(10-12-19)13-20(23)26-16(3)21(24)22-14-18-7-5-15(2)6-8-18/h5-12,16H,4,13-14H2,1-3H3,(H,22,24). The van der Waals surface area contributed by atoms with Gasteiger partial charge in [0.05, 0.1) is 13.0 Å². The highest BCUT2D eigenvalue weighted by molar-refractivity contribution is 5.83. The van der Waals surface area contributed by atoms with E-state index in [0.29, 0.717) is 13.2 Å². The van der Waals surface area contributed by atoms with Crippen molar-refractivity contribution in [1.29, 1.82) is 0 Å². The van der Waals surface area contributed by atoms with Gasteiger partial charge in [-0.25, -0.2) is 0 Å². The molecule has 1 N–H and O–H groups in total. The van der Waals surface area contributed by atoms with Gasteiger partial charge >= 0.3 is 5.97 Å². The predicted molar refractivity (Wildman–Crippen MR) is 99.9 cm³/mol. The molecule has 1 unspecified atom stereocenters. The van der Waals surface area contributed by atoms with Crippen molar-refractivity contribution in [2.24, 2.45) is 0 Å². The van der Waals surface area contributed by atoms with Gasteiger partial charge in [0.25, 0.3) is 5.91 Å². The summed E-state index contributed by atoms with van der Waals surface area (Å²) < 4.78 is 10.6. The third-order valence-corrected chi connectivity index (χ3v) is 3.85. The van der Waals surface area contributed by atoms with Gasteiger partial charge in [-0.3, -0.25) is 9.59 Å². The molecule has 0 aliphatic rings. The molecule has 2 aromatic carbocycles. The molecular weight excluding hydrogens is 330 g/mol. The second-order valence-electron chi connectivity index (χ2n) is 6.09. The van der Waals surface area contributed by atoms with E-state index >= 15 is 0 Å². The first kappa shape index (κ1) is 19.5. The van der Waals surface area contributed by atoms with Crippen LogP contribution >= 0.6 is 0 Å². The molecule has 1 atom stereocenters. The third kappa shape index (κ3) is 6.24.